The van der Waals surface area contributed by atoms with Gasteiger partial charge < -0.3 is 10.4 Å². The Morgan fingerprint density at radius 2 is 2.11 bits per heavy atom. The third-order valence-corrected chi connectivity index (χ3v) is 2.84. The first-order chi connectivity index (χ1) is 9.00. The van der Waals surface area contributed by atoms with Gasteiger partial charge in [-0.15, -0.1) is 0 Å². The Bertz CT molecular complexity index is 616. The van der Waals surface area contributed by atoms with Crippen LogP contribution >= 0.6 is 0 Å². The Morgan fingerprint density at radius 3 is 2.74 bits per heavy atom. The topological polar surface area (TPSA) is 75.1 Å². The van der Waals surface area contributed by atoms with Crippen LogP contribution in [0.2, 0.25) is 0 Å². The molecule has 0 aliphatic rings. The molecule has 1 aromatic heterocycles. The number of carbonyl (C=O) groups is 1. The Hall–Kier alpha value is -2.24. The Balaban J connectivity index is 2.46. The van der Waals surface area contributed by atoms with Gasteiger partial charge in [-0.3, -0.25) is 0 Å². The third-order valence-electron chi connectivity index (χ3n) is 2.84. The summed E-state index contributed by atoms with van der Waals surface area (Å²) in [7, 11) is 0. The molecule has 1 heterocycles. The van der Waals surface area contributed by atoms with Gasteiger partial charge in [-0.1, -0.05) is 19.9 Å². The van der Waals surface area contributed by atoms with Crippen LogP contribution in [0, 0.1) is 11.7 Å². The lowest BCUT2D eigenvalue weighted by Crippen LogP contribution is -2.34. The van der Waals surface area contributed by atoms with Crippen molar-refractivity contribution in [3.05, 3.63) is 30.3 Å². The molecule has 0 unspecified atom stereocenters. The van der Waals surface area contributed by atoms with E-state index < -0.39 is 17.8 Å². The van der Waals surface area contributed by atoms with Crippen LogP contribution in [0.1, 0.15) is 13.8 Å². The fourth-order valence-corrected chi connectivity index (χ4v) is 1.83. The predicted octanol–water partition coefficient (Wildman–Crippen LogP) is 2.29. The standard InChI is InChI=1S/C13H14FN3O2/c1-7(2)10(13(18)19)17-12-8-4-3-5-9(14)11(8)15-6-16-12/h3-7,10H,1-2H3,(H,18,19)(H,15,16,17)/t10-/m1/s1. The number of carboxylic acids is 1. The lowest BCUT2D eigenvalue weighted by Gasteiger charge is -2.19. The van der Waals surface area contributed by atoms with Gasteiger partial charge in [0.2, 0.25) is 0 Å². The Labute approximate surface area is 109 Å². The van der Waals surface area contributed by atoms with E-state index in [1.165, 1.54) is 18.5 Å². The average molecular weight is 263 g/mol. The summed E-state index contributed by atoms with van der Waals surface area (Å²) in [5, 5.41) is 12.4. The molecule has 0 fully saturated rings. The molecule has 19 heavy (non-hydrogen) atoms. The molecule has 0 amide bonds. The molecule has 1 aromatic carbocycles. The second-order valence-electron chi connectivity index (χ2n) is 4.56. The fourth-order valence-electron chi connectivity index (χ4n) is 1.83. The smallest absolute Gasteiger partial charge is 0.326 e. The van der Waals surface area contributed by atoms with E-state index in [2.05, 4.69) is 15.3 Å². The van der Waals surface area contributed by atoms with E-state index in [0.717, 1.165) is 0 Å². The zero-order valence-corrected chi connectivity index (χ0v) is 10.6. The molecule has 0 saturated carbocycles. The number of anilines is 1. The molecule has 0 saturated heterocycles. The highest BCUT2D eigenvalue weighted by atomic mass is 19.1. The van der Waals surface area contributed by atoms with Crippen molar-refractivity contribution in [2.45, 2.75) is 19.9 Å². The molecular formula is C13H14FN3O2. The maximum absolute atomic E-state index is 13.6. The Kier molecular flexibility index (Phi) is 3.59. The van der Waals surface area contributed by atoms with Crippen molar-refractivity contribution < 1.29 is 14.3 Å². The number of rotatable bonds is 4. The van der Waals surface area contributed by atoms with Gasteiger partial charge >= 0.3 is 5.97 Å². The normalized spacial score (nSPS) is 12.6. The predicted molar refractivity (Wildman–Crippen MR) is 69.4 cm³/mol. The van der Waals surface area contributed by atoms with Crippen LogP contribution in [0.3, 0.4) is 0 Å². The van der Waals surface area contributed by atoms with E-state index >= 15 is 0 Å². The van der Waals surface area contributed by atoms with Gasteiger partial charge in [-0.2, -0.15) is 0 Å². The minimum Gasteiger partial charge on any atom is -0.480 e. The Morgan fingerprint density at radius 1 is 1.37 bits per heavy atom. The number of carboxylic acid groups (broad SMARTS) is 1. The van der Waals surface area contributed by atoms with Crippen molar-refractivity contribution in [3.8, 4) is 0 Å². The first kappa shape index (κ1) is 13.2. The summed E-state index contributed by atoms with van der Waals surface area (Å²) in [5.74, 6) is -1.24. The van der Waals surface area contributed by atoms with Crippen molar-refractivity contribution in [3.63, 3.8) is 0 Å². The molecule has 0 aliphatic heterocycles. The lowest BCUT2D eigenvalue weighted by molar-refractivity contribution is -0.138. The number of nitrogens with zero attached hydrogens (tertiary/aromatic N) is 2. The van der Waals surface area contributed by atoms with Gasteiger partial charge in [0.15, 0.2) is 0 Å². The molecular weight excluding hydrogens is 249 g/mol. The van der Waals surface area contributed by atoms with Crippen molar-refractivity contribution in [1.82, 2.24) is 9.97 Å². The second kappa shape index (κ2) is 5.17. The van der Waals surface area contributed by atoms with Crippen molar-refractivity contribution in [2.75, 3.05) is 5.32 Å². The van der Waals surface area contributed by atoms with E-state index in [0.29, 0.717) is 11.2 Å². The zero-order valence-electron chi connectivity index (χ0n) is 10.6. The molecule has 0 aliphatic carbocycles. The van der Waals surface area contributed by atoms with Crippen LogP contribution in [0.25, 0.3) is 10.9 Å². The van der Waals surface area contributed by atoms with Gasteiger partial charge in [0.25, 0.3) is 0 Å². The van der Waals surface area contributed by atoms with Gasteiger partial charge in [0, 0.05) is 5.39 Å². The molecule has 1 atom stereocenters. The van der Waals surface area contributed by atoms with Gasteiger partial charge in [0.1, 0.15) is 29.5 Å². The second-order valence-corrected chi connectivity index (χ2v) is 4.56. The minimum absolute atomic E-state index is 0.129. The van der Waals surface area contributed by atoms with Crippen LogP contribution in [0.4, 0.5) is 10.2 Å². The zero-order chi connectivity index (χ0) is 14.0. The highest BCUT2D eigenvalue weighted by molar-refractivity contribution is 5.91. The number of hydrogen-bond acceptors (Lipinski definition) is 4. The highest BCUT2D eigenvalue weighted by Gasteiger charge is 2.22. The lowest BCUT2D eigenvalue weighted by atomic mass is 10.0. The molecule has 100 valence electrons. The van der Waals surface area contributed by atoms with Crippen molar-refractivity contribution in [1.29, 1.82) is 0 Å². The third kappa shape index (κ3) is 2.62. The van der Waals surface area contributed by atoms with Crippen LogP contribution < -0.4 is 5.32 Å². The number of hydrogen-bond donors (Lipinski definition) is 2. The van der Waals surface area contributed by atoms with E-state index in [-0.39, 0.29) is 11.4 Å². The fraction of sp³-hybridized carbons (Fsp3) is 0.308. The van der Waals surface area contributed by atoms with Crippen molar-refractivity contribution in [2.24, 2.45) is 5.92 Å². The van der Waals surface area contributed by atoms with Crippen LogP contribution in [0.5, 0.6) is 0 Å². The highest BCUT2D eigenvalue weighted by Crippen LogP contribution is 2.22. The summed E-state index contributed by atoms with van der Waals surface area (Å²) in [6.45, 7) is 3.57. The molecule has 0 spiro atoms. The maximum atomic E-state index is 13.6. The monoisotopic (exact) mass is 263 g/mol. The van der Waals surface area contributed by atoms with E-state index in [1.54, 1.807) is 19.9 Å². The molecule has 2 N–H and O–H groups in total. The number of fused-ring (bicyclic) bond motifs is 1. The number of nitrogens with one attached hydrogen (secondary N) is 1. The molecule has 0 bridgehead atoms. The summed E-state index contributed by atoms with van der Waals surface area (Å²) in [4.78, 5) is 19.0. The number of aromatic nitrogens is 2. The average Bonchev–Trinajstić information content (AvgIpc) is 2.36. The summed E-state index contributed by atoms with van der Waals surface area (Å²) in [6, 6.07) is 3.70. The van der Waals surface area contributed by atoms with Crippen LogP contribution in [-0.4, -0.2) is 27.1 Å². The van der Waals surface area contributed by atoms with E-state index in [1.807, 2.05) is 0 Å². The van der Waals surface area contributed by atoms with Gasteiger partial charge in [-0.05, 0) is 18.1 Å². The molecule has 5 nitrogen and oxygen atoms in total. The first-order valence-corrected chi connectivity index (χ1v) is 5.89. The van der Waals surface area contributed by atoms with E-state index in [9.17, 15) is 9.18 Å². The number of halogens is 1. The van der Waals surface area contributed by atoms with Crippen LogP contribution in [0.15, 0.2) is 24.5 Å². The largest absolute Gasteiger partial charge is 0.480 e. The van der Waals surface area contributed by atoms with Crippen LogP contribution in [-0.2, 0) is 4.79 Å². The SMILES string of the molecule is CC(C)[C@@H](Nc1ncnc2c(F)cccc12)C(=O)O. The van der Waals surface area contributed by atoms with Gasteiger partial charge in [-0.25, -0.2) is 19.2 Å². The number of benzene rings is 1. The molecule has 2 aromatic rings. The molecule has 0 radical (unpaired) electrons. The molecule has 2 rings (SSSR count). The summed E-state index contributed by atoms with van der Waals surface area (Å²) >= 11 is 0. The molecule has 6 heteroatoms. The summed E-state index contributed by atoms with van der Waals surface area (Å²) < 4.78 is 13.6. The maximum Gasteiger partial charge on any atom is 0.326 e. The van der Waals surface area contributed by atoms with Crippen molar-refractivity contribution >= 4 is 22.7 Å². The number of para-hydroxylation sites is 1. The first-order valence-electron chi connectivity index (χ1n) is 5.89. The summed E-state index contributed by atoms with van der Waals surface area (Å²) in [5.41, 5.74) is 0.174. The number of aliphatic carboxylic acids is 1. The van der Waals surface area contributed by atoms with E-state index in [4.69, 9.17) is 5.11 Å². The van der Waals surface area contributed by atoms with Gasteiger partial charge in [0.05, 0.1) is 0 Å². The quantitative estimate of drug-likeness (QED) is 0.885. The summed E-state index contributed by atoms with van der Waals surface area (Å²) in [6.07, 6.45) is 1.22. The minimum atomic E-state index is -0.974.